The van der Waals surface area contributed by atoms with Crippen LogP contribution < -0.4 is 4.74 Å². The van der Waals surface area contributed by atoms with Gasteiger partial charge in [-0.15, -0.1) is 0 Å². The lowest BCUT2D eigenvalue weighted by molar-refractivity contribution is 0.101. The van der Waals surface area contributed by atoms with E-state index in [-0.39, 0.29) is 17.9 Å². The quantitative estimate of drug-likeness (QED) is 0.801. The fourth-order valence-corrected chi connectivity index (χ4v) is 2.72. The summed E-state index contributed by atoms with van der Waals surface area (Å²) in [5.41, 5.74) is 0.662. The molecule has 1 aliphatic carbocycles. The van der Waals surface area contributed by atoms with Gasteiger partial charge in [-0.1, -0.05) is 18.2 Å². The van der Waals surface area contributed by atoms with E-state index in [0.29, 0.717) is 5.56 Å². The summed E-state index contributed by atoms with van der Waals surface area (Å²) in [4.78, 5) is 11.4. The Labute approximate surface area is 118 Å². The van der Waals surface area contributed by atoms with Crippen LogP contribution in [0.5, 0.6) is 5.75 Å². The van der Waals surface area contributed by atoms with Crippen molar-refractivity contribution in [3.8, 4) is 5.75 Å². The Morgan fingerprint density at radius 3 is 2.80 bits per heavy atom. The van der Waals surface area contributed by atoms with E-state index < -0.39 is 0 Å². The maximum absolute atomic E-state index is 11.4. The molecule has 3 rings (SSSR count). The molecule has 0 radical (unpaired) electrons. The minimum atomic E-state index is 0.0507. The molecule has 0 aliphatic heterocycles. The van der Waals surface area contributed by atoms with Gasteiger partial charge in [-0.05, 0) is 38.3 Å². The van der Waals surface area contributed by atoms with E-state index in [1.54, 1.807) is 13.1 Å². The normalized spacial score (nSPS) is 21.9. The van der Waals surface area contributed by atoms with E-state index in [0.717, 1.165) is 25.0 Å². The number of para-hydroxylation sites is 1. The number of ketones is 1. The molecule has 20 heavy (non-hydrogen) atoms. The maximum atomic E-state index is 11.4. The van der Waals surface area contributed by atoms with Gasteiger partial charge < -0.3 is 4.74 Å². The number of aromatic nitrogens is 2. The molecule has 2 atom stereocenters. The van der Waals surface area contributed by atoms with E-state index in [2.05, 4.69) is 5.10 Å². The van der Waals surface area contributed by atoms with Crippen LogP contribution in [0, 0.1) is 0 Å². The fraction of sp³-hybridized carbons (Fsp3) is 0.375. The van der Waals surface area contributed by atoms with E-state index in [9.17, 15) is 4.79 Å². The van der Waals surface area contributed by atoms with Crippen molar-refractivity contribution in [3.63, 3.8) is 0 Å². The van der Waals surface area contributed by atoms with Crippen LogP contribution in [0.2, 0.25) is 0 Å². The number of benzene rings is 1. The molecule has 0 bridgehead atoms. The number of hydrogen-bond acceptors (Lipinski definition) is 3. The van der Waals surface area contributed by atoms with Gasteiger partial charge in [0.2, 0.25) is 0 Å². The molecule has 104 valence electrons. The van der Waals surface area contributed by atoms with Gasteiger partial charge in [0, 0.05) is 6.20 Å². The van der Waals surface area contributed by atoms with Crippen LogP contribution in [0.4, 0.5) is 0 Å². The molecule has 1 fully saturated rings. The predicted octanol–water partition coefficient (Wildman–Crippen LogP) is 3.26. The number of nitrogens with zero attached hydrogens (tertiary/aromatic N) is 2. The largest absolute Gasteiger partial charge is 0.488 e. The van der Waals surface area contributed by atoms with Crippen molar-refractivity contribution in [3.05, 3.63) is 48.3 Å². The van der Waals surface area contributed by atoms with Gasteiger partial charge >= 0.3 is 0 Å². The summed E-state index contributed by atoms with van der Waals surface area (Å²) in [6, 6.07) is 10.1. The lowest BCUT2D eigenvalue weighted by Gasteiger charge is -2.21. The second-order valence-corrected chi connectivity index (χ2v) is 5.23. The molecule has 1 aromatic carbocycles. The van der Waals surface area contributed by atoms with Gasteiger partial charge in [0.25, 0.3) is 0 Å². The third-order valence-electron chi connectivity index (χ3n) is 3.80. The van der Waals surface area contributed by atoms with Gasteiger partial charge in [-0.25, -0.2) is 0 Å². The Balaban J connectivity index is 1.76. The van der Waals surface area contributed by atoms with Gasteiger partial charge in [0.15, 0.2) is 5.78 Å². The molecule has 2 aromatic rings. The highest BCUT2D eigenvalue weighted by molar-refractivity contribution is 5.93. The molecular formula is C16H18N2O2. The molecule has 0 saturated heterocycles. The highest BCUT2D eigenvalue weighted by Gasteiger charge is 2.31. The van der Waals surface area contributed by atoms with Crippen LogP contribution in [0.1, 0.15) is 42.6 Å². The van der Waals surface area contributed by atoms with Crippen molar-refractivity contribution in [2.45, 2.75) is 38.3 Å². The van der Waals surface area contributed by atoms with E-state index in [1.807, 2.05) is 41.2 Å². The lowest BCUT2D eigenvalue weighted by atomic mass is 10.2. The van der Waals surface area contributed by atoms with Crippen molar-refractivity contribution >= 4 is 5.78 Å². The SMILES string of the molecule is CC(=O)c1cnn(C2CCCC2Oc2ccccc2)c1. The van der Waals surface area contributed by atoms with Crippen LogP contribution in [0.3, 0.4) is 0 Å². The smallest absolute Gasteiger partial charge is 0.162 e. The number of rotatable bonds is 4. The summed E-state index contributed by atoms with van der Waals surface area (Å²) in [7, 11) is 0. The van der Waals surface area contributed by atoms with E-state index >= 15 is 0 Å². The Morgan fingerprint density at radius 1 is 1.30 bits per heavy atom. The summed E-state index contributed by atoms with van der Waals surface area (Å²) >= 11 is 0. The zero-order chi connectivity index (χ0) is 13.9. The van der Waals surface area contributed by atoms with Crippen molar-refractivity contribution in [2.24, 2.45) is 0 Å². The molecule has 1 saturated carbocycles. The second-order valence-electron chi connectivity index (χ2n) is 5.23. The van der Waals surface area contributed by atoms with Gasteiger partial charge in [0.05, 0.1) is 17.8 Å². The highest BCUT2D eigenvalue weighted by Crippen LogP contribution is 2.33. The average Bonchev–Trinajstić information content (AvgIpc) is 3.08. The van der Waals surface area contributed by atoms with Crippen molar-refractivity contribution in [1.82, 2.24) is 9.78 Å². The summed E-state index contributed by atoms with van der Waals surface area (Å²) in [5.74, 6) is 0.943. The van der Waals surface area contributed by atoms with Crippen molar-refractivity contribution < 1.29 is 9.53 Å². The summed E-state index contributed by atoms with van der Waals surface area (Å²) in [5, 5.41) is 4.33. The predicted molar refractivity (Wildman–Crippen MR) is 76.0 cm³/mol. The van der Waals surface area contributed by atoms with Crippen molar-refractivity contribution in [1.29, 1.82) is 0 Å². The number of carbonyl (C=O) groups excluding carboxylic acids is 1. The highest BCUT2D eigenvalue weighted by atomic mass is 16.5. The Kier molecular flexibility index (Phi) is 3.54. The topological polar surface area (TPSA) is 44.1 Å². The molecule has 0 spiro atoms. The maximum Gasteiger partial charge on any atom is 0.162 e. The molecule has 4 heteroatoms. The zero-order valence-electron chi connectivity index (χ0n) is 11.5. The Hall–Kier alpha value is -2.10. The first-order valence-corrected chi connectivity index (χ1v) is 7.01. The number of Topliss-reactive ketones (excluding diaryl/α,β-unsaturated/α-hetero) is 1. The Bertz CT molecular complexity index is 592. The van der Waals surface area contributed by atoms with Crippen LogP contribution in [-0.4, -0.2) is 21.7 Å². The van der Waals surface area contributed by atoms with E-state index in [1.165, 1.54) is 0 Å². The first-order valence-electron chi connectivity index (χ1n) is 7.01. The summed E-state index contributed by atoms with van der Waals surface area (Å²) in [6.45, 7) is 1.56. The number of carbonyl (C=O) groups is 1. The third kappa shape index (κ3) is 2.59. The molecule has 0 amide bonds. The average molecular weight is 270 g/mol. The summed E-state index contributed by atoms with van der Waals surface area (Å²) < 4.78 is 7.95. The first kappa shape index (κ1) is 12.9. The fourth-order valence-electron chi connectivity index (χ4n) is 2.72. The van der Waals surface area contributed by atoms with Crippen LogP contribution >= 0.6 is 0 Å². The molecular weight excluding hydrogens is 252 g/mol. The van der Waals surface area contributed by atoms with Crippen LogP contribution in [0.15, 0.2) is 42.7 Å². The molecule has 0 N–H and O–H groups in total. The Morgan fingerprint density at radius 2 is 2.10 bits per heavy atom. The van der Waals surface area contributed by atoms with Crippen molar-refractivity contribution in [2.75, 3.05) is 0 Å². The first-order chi connectivity index (χ1) is 9.74. The molecule has 1 aliphatic rings. The molecule has 1 heterocycles. The van der Waals surface area contributed by atoms with Crippen LogP contribution in [-0.2, 0) is 0 Å². The summed E-state index contributed by atoms with van der Waals surface area (Å²) in [6.07, 6.45) is 6.78. The van der Waals surface area contributed by atoms with Gasteiger partial charge in [-0.2, -0.15) is 5.10 Å². The molecule has 1 aromatic heterocycles. The van der Waals surface area contributed by atoms with E-state index in [4.69, 9.17) is 4.74 Å². The van der Waals surface area contributed by atoms with Gasteiger partial charge in [-0.3, -0.25) is 9.48 Å². The monoisotopic (exact) mass is 270 g/mol. The number of ether oxygens (including phenoxy) is 1. The van der Waals surface area contributed by atoms with Gasteiger partial charge in [0.1, 0.15) is 11.9 Å². The van der Waals surface area contributed by atoms with Crippen LogP contribution in [0.25, 0.3) is 0 Å². The lowest BCUT2D eigenvalue weighted by Crippen LogP contribution is -2.25. The molecule has 2 unspecified atom stereocenters. The number of hydrogen-bond donors (Lipinski definition) is 0. The molecule has 4 nitrogen and oxygen atoms in total. The standard InChI is InChI=1S/C16H18N2O2/c1-12(19)13-10-17-18(11-13)15-8-5-9-16(15)20-14-6-3-2-4-7-14/h2-4,6-7,10-11,15-16H,5,8-9H2,1H3. The minimum absolute atomic E-state index is 0.0507. The second kappa shape index (κ2) is 5.49. The minimum Gasteiger partial charge on any atom is -0.488 e. The third-order valence-corrected chi connectivity index (χ3v) is 3.80. The zero-order valence-corrected chi connectivity index (χ0v) is 11.5.